The van der Waals surface area contributed by atoms with Crippen LogP contribution in [0.4, 0.5) is 5.69 Å². The third kappa shape index (κ3) is 5.09. The molecule has 2 aliphatic rings. The van der Waals surface area contributed by atoms with Gasteiger partial charge in [0.2, 0.25) is 0 Å². The molecule has 0 spiro atoms. The van der Waals surface area contributed by atoms with Crippen molar-refractivity contribution in [3.05, 3.63) is 65.2 Å². The molecule has 160 valence electrons. The Morgan fingerprint density at radius 3 is 2.57 bits per heavy atom. The van der Waals surface area contributed by atoms with E-state index in [1.54, 1.807) is 6.92 Å². The van der Waals surface area contributed by atoms with Crippen LogP contribution in [0, 0.1) is 0 Å². The van der Waals surface area contributed by atoms with Gasteiger partial charge in [0.05, 0.1) is 18.8 Å². The molecule has 0 bridgehead atoms. The Balaban J connectivity index is 1.22. The summed E-state index contributed by atoms with van der Waals surface area (Å²) in [6.45, 7) is 6.29. The normalized spacial score (nSPS) is 20.6. The number of ether oxygens (including phenoxy) is 1. The molecule has 5 heteroatoms. The summed E-state index contributed by atoms with van der Waals surface area (Å²) in [5.74, 6) is 0.0966. The molecule has 1 heterocycles. The first-order valence-corrected chi connectivity index (χ1v) is 11.1. The molecule has 0 saturated carbocycles. The average Bonchev–Trinajstić information content (AvgIpc) is 2.78. The summed E-state index contributed by atoms with van der Waals surface area (Å²) in [6.07, 6.45) is 2.94. The fourth-order valence-corrected chi connectivity index (χ4v) is 4.56. The molecule has 4 rings (SSSR count). The topological polar surface area (TPSA) is 53.0 Å². The van der Waals surface area contributed by atoms with Crippen molar-refractivity contribution < 1.29 is 14.6 Å². The van der Waals surface area contributed by atoms with Crippen LogP contribution in [-0.4, -0.2) is 61.2 Å². The highest BCUT2D eigenvalue weighted by molar-refractivity contribution is 5.94. The van der Waals surface area contributed by atoms with Gasteiger partial charge in [-0.2, -0.15) is 0 Å². The lowest BCUT2D eigenvalue weighted by Crippen LogP contribution is -2.49. The highest BCUT2D eigenvalue weighted by Crippen LogP contribution is 2.32. The Bertz CT molecular complexity index is 844. The number of hydrogen-bond donors (Lipinski definition) is 1. The van der Waals surface area contributed by atoms with Crippen LogP contribution in [0.25, 0.3) is 0 Å². The number of benzene rings is 2. The molecule has 1 N–H and O–H groups in total. The van der Waals surface area contributed by atoms with E-state index < -0.39 is 6.10 Å². The zero-order valence-electron chi connectivity index (χ0n) is 17.8. The highest BCUT2D eigenvalue weighted by atomic mass is 16.5. The maximum absolute atomic E-state index is 11.4. The van der Waals surface area contributed by atoms with Gasteiger partial charge in [-0.15, -0.1) is 0 Å². The Morgan fingerprint density at radius 1 is 1.10 bits per heavy atom. The number of aliphatic hydroxyl groups is 1. The van der Waals surface area contributed by atoms with Crippen molar-refractivity contribution in [1.82, 2.24) is 4.90 Å². The number of ketones is 1. The van der Waals surface area contributed by atoms with Crippen molar-refractivity contribution in [3.63, 3.8) is 0 Å². The van der Waals surface area contributed by atoms with Crippen LogP contribution in [0.1, 0.15) is 47.4 Å². The number of aryl methyl sites for hydroxylation is 1. The van der Waals surface area contributed by atoms with E-state index in [1.165, 1.54) is 11.1 Å². The number of carbonyl (C=O) groups excluding carboxylic acids is 1. The predicted molar refractivity (Wildman–Crippen MR) is 119 cm³/mol. The predicted octanol–water partition coefficient (Wildman–Crippen LogP) is 3.47. The smallest absolute Gasteiger partial charge is 0.159 e. The fraction of sp³-hybridized carbons (Fsp3) is 0.480. The highest BCUT2D eigenvalue weighted by Gasteiger charge is 2.23. The maximum atomic E-state index is 11.4. The van der Waals surface area contributed by atoms with E-state index >= 15 is 0 Å². The first kappa shape index (κ1) is 21.0. The second-order valence-corrected chi connectivity index (χ2v) is 8.46. The van der Waals surface area contributed by atoms with Gasteiger partial charge in [-0.05, 0) is 61.6 Å². The SMILES string of the molecule is CC(=O)c1ccc(N2CCN(C[C@H](O)CO[C@H]3CCCc4ccccc43)CC2)cc1. The van der Waals surface area contributed by atoms with Gasteiger partial charge in [-0.1, -0.05) is 24.3 Å². The minimum Gasteiger partial charge on any atom is -0.389 e. The van der Waals surface area contributed by atoms with E-state index in [4.69, 9.17) is 4.74 Å². The Morgan fingerprint density at radius 2 is 1.83 bits per heavy atom. The molecule has 0 amide bonds. The summed E-state index contributed by atoms with van der Waals surface area (Å²) in [4.78, 5) is 16.1. The number of anilines is 1. The lowest BCUT2D eigenvalue weighted by molar-refractivity contribution is -0.0285. The van der Waals surface area contributed by atoms with Gasteiger partial charge < -0.3 is 14.7 Å². The van der Waals surface area contributed by atoms with Crippen molar-refractivity contribution in [2.45, 2.75) is 38.4 Å². The minimum atomic E-state index is -0.472. The van der Waals surface area contributed by atoms with Crippen molar-refractivity contribution in [2.75, 3.05) is 44.2 Å². The number of Topliss-reactive ketones (excluding diaryl/α,β-unsaturated/α-hetero) is 1. The van der Waals surface area contributed by atoms with Crippen LogP contribution in [0.3, 0.4) is 0 Å². The van der Waals surface area contributed by atoms with Crippen molar-refractivity contribution >= 4 is 11.5 Å². The number of β-amino-alcohol motifs (C(OH)–C–C–N with tert-alkyl or cyclic N) is 1. The fourth-order valence-electron chi connectivity index (χ4n) is 4.56. The second-order valence-electron chi connectivity index (χ2n) is 8.46. The van der Waals surface area contributed by atoms with Gasteiger partial charge in [0.25, 0.3) is 0 Å². The third-order valence-electron chi connectivity index (χ3n) is 6.28. The molecule has 1 aliphatic heterocycles. The number of carbonyl (C=O) groups is 1. The molecule has 0 aromatic heterocycles. The number of aliphatic hydroxyl groups excluding tert-OH is 1. The number of rotatable bonds is 7. The van der Waals surface area contributed by atoms with E-state index in [2.05, 4.69) is 34.1 Å². The molecule has 2 aromatic rings. The summed E-state index contributed by atoms with van der Waals surface area (Å²) < 4.78 is 6.12. The quantitative estimate of drug-likeness (QED) is 0.711. The van der Waals surface area contributed by atoms with Gasteiger partial charge in [-0.25, -0.2) is 0 Å². The molecule has 1 saturated heterocycles. The molecular weight excluding hydrogens is 376 g/mol. The monoisotopic (exact) mass is 408 g/mol. The van der Waals surface area contributed by atoms with Crippen molar-refractivity contribution in [3.8, 4) is 0 Å². The lowest BCUT2D eigenvalue weighted by Gasteiger charge is -2.37. The van der Waals surface area contributed by atoms with Gasteiger partial charge in [0, 0.05) is 44.0 Å². The van der Waals surface area contributed by atoms with Crippen molar-refractivity contribution in [1.29, 1.82) is 0 Å². The summed E-state index contributed by atoms with van der Waals surface area (Å²) in [6, 6.07) is 16.4. The van der Waals surface area contributed by atoms with Gasteiger partial charge in [-0.3, -0.25) is 9.69 Å². The van der Waals surface area contributed by atoms with Gasteiger partial charge in [0.1, 0.15) is 0 Å². The Hall–Kier alpha value is -2.21. The van der Waals surface area contributed by atoms with Gasteiger partial charge >= 0.3 is 0 Å². The Kier molecular flexibility index (Phi) is 6.82. The van der Waals surface area contributed by atoms with Crippen LogP contribution in [0.5, 0.6) is 0 Å². The van der Waals surface area contributed by atoms with Crippen LogP contribution < -0.4 is 4.90 Å². The lowest BCUT2D eigenvalue weighted by atomic mass is 9.89. The summed E-state index contributed by atoms with van der Waals surface area (Å²) in [5.41, 5.74) is 4.58. The van der Waals surface area contributed by atoms with E-state index in [0.717, 1.165) is 56.7 Å². The summed E-state index contributed by atoms with van der Waals surface area (Å²) in [5, 5.41) is 10.5. The molecule has 1 aliphatic carbocycles. The molecule has 0 unspecified atom stereocenters. The van der Waals surface area contributed by atoms with Gasteiger partial charge in [0.15, 0.2) is 5.78 Å². The zero-order chi connectivity index (χ0) is 20.9. The molecule has 5 nitrogen and oxygen atoms in total. The van der Waals surface area contributed by atoms with Crippen LogP contribution in [0.15, 0.2) is 48.5 Å². The number of hydrogen-bond acceptors (Lipinski definition) is 5. The molecule has 2 aromatic carbocycles. The minimum absolute atomic E-state index is 0.0966. The molecular formula is C25H32N2O3. The zero-order valence-corrected chi connectivity index (χ0v) is 17.8. The molecule has 1 fully saturated rings. The first-order valence-electron chi connectivity index (χ1n) is 11.1. The third-order valence-corrected chi connectivity index (χ3v) is 6.28. The number of piperazine rings is 1. The average molecular weight is 409 g/mol. The largest absolute Gasteiger partial charge is 0.389 e. The molecule has 2 atom stereocenters. The molecule has 30 heavy (non-hydrogen) atoms. The van der Waals surface area contributed by atoms with E-state index in [1.807, 2.05) is 24.3 Å². The maximum Gasteiger partial charge on any atom is 0.159 e. The Labute approximate surface area is 179 Å². The van der Waals surface area contributed by atoms with E-state index in [-0.39, 0.29) is 11.9 Å². The second kappa shape index (κ2) is 9.73. The van der Waals surface area contributed by atoms with Crippen molar-refractivity contribution in [2.24, 2.45) is 0 Å². The summed E-state index contributed by atoms with van der Waals surface area (Å²) in [7, 11) is 0. The van der Waals surface area contributed by atoms with Crippen LogP contribution in [0.2, 0.25) is 0 Å². The standard InChI is InChI=1S/C25H32N2O3/c1-19(28)20-9-11-22(12-10-20)27-15-13-26(14-16-27)17-23(29)18-30-25-8-4-6-21-5-2-3-7-24(21)25/h2-3,5,7,9-12,23,25,29H,4,6,8,13-18H2,1H3/t23-,25-/m0/s1. The van der Waals surface area contributed by atoms with Crippen LogP contribution in [-0.2, 0) is 11.2 Å². The first-order chi connectivity index (χ1) is 14.6. The number of nitrogens with zero attached hydrogens (tertiary/aromatic N) is 2. The van der Waals surface area contributed by atoms with E-state index in [9.17, 15) is 9.90 Å². The van der Waals surface area contributed by atoms with Crippen LogP contribution >= 0.6 is 0 Å². The summed E-state index contributed by atoms with van der Waals surface area (Å²) >= 11 is 0. The van der Waals surface area contributed by atoms with E-state index in [0.29, 0.717) is 13.2 Å². The molecule has 0 radical (unpaired) electrons. The number of fused-ring (bicyclic) bond motifs is 1.